The molecule has 1 N–H and O–H groups in total. The quantitative estimate of drug-likeness (QED) is 0.787. The van der Waals surface area contributed by atoms with Crippen molar-refractivity contribution in [3.8, 4) is 5.75 Å². The number of carbonyl (C=O) groups excluding carboxylic acids is 1. The van der Waals surface area contributed by atoms with Crippen LogP contribution in [-0.4, -0.2) is 32.8 Å². The largest absolute Gasteiger partial charge is 0.493 e. The Bertz CT molecular complexity index is 535. The summed E-state index contributed by atoms with van der Waals surface area (Å²) in [5, 5.41) is 3.29. The predicted octanol–water partition coefficient (Wildman–Crippen LogP) is 2.73. The fourth-order valence-electron chi connectivity index (χ4n) is 3.06. The molecule has 0 radical (unpaired) electrons. The molecule has 1 atom stereocenters. The molecule has 1 aliphatic heterocycles. The van der Waals surface area contributed by atoms with Gasteiger partial charge in [0.2, 0.25) is 0 Å². The van der Waals surface area contributed by atoms with Crippen LogP contribution in [0, 0.1) is 11.3 Å². The molecule has 1 aromatic rings. The minimum absolute atomic E-state index is 0.128. The minimum atomic E-state index is -0.128. The molecule has 120 valence electrons. The van der Waals surface area contributed by atoms with Gasteiger partial charge in [-0.15, -0.1) is 0 Å². The summed E-state index contributed by atoms with van der Waals surface area (Å²) >= 11 is 0. The van der Waals surface area contributed by atoms with E-state index >= 15 is 0 Å². The zero-order chi connectivity index (χ0) is 15.6. The van der Waals surface area contributed by atoms with E-state index in [2.05, 4.69) is 24.4 Å². The average molecular weight is 303 g/mol. The number of hydrogen-bond donors (Lipinski definition) is 1. The summed E-state index contributed by atoms with van der Waals surface area (Å²) in [5.41, 5.74) is 1.44. The molecule has 2 fully saturated rings. The van der Waals surface area contributed by atoms with E-state index in [1.807, 2.05) is 12.1 Å². The third-order valence-electron chi connectivity index (χ3n) is 4.78. The van der Waals surface area contributed by atoms with Gasteiger partial charge < -0.3 is 14.8 Å². The van der Waals surface area contributed by atoms with Crippen molar-refractivity contribution in [3.05, 3.63) is 29.8 Å². The van der Waals surface area contributed by atoms with Gasteiger partial charge in [-0.2, -0.15) is 0 Å². The zero-order valence-electron chi connectivity index (χ0n) is 13.4. The number of ether oxygens (including phenoxy) is 2. The monoisotopic (exact) mass is 303 g/mol. The summed E-state index contributed by atoms with van der Waals surface area (Å²) < 4.78 is 10.8. The van der Waals surface area contributed by atoms with Crippen molar-refractivity contribution in [1.29, 1.82) is 0 Å². The van der Waals surface area contributed by atoms with Crippen LogP contribution in [0.15, 0.2) is 24.3 Å². The van der Waals surface area contributed by atoms with Crippen LogP contribution < -0.4 is 10.1 Å². The Morgan fingerprint density at radius 2 is 2.18 bits per heavy atom. The van der Waals surface area contributed by atoms with E-state index < -0.39 is 0 Å². The lowest BCUT2D eigenvalue weighted by Gasteiger charge is -2.38. The van der Waals surface area contributed by atoms with Gasteiger partial charge in [0.25, 0.3) is 0 Å². The lowest BCUT2D eigenvalue weighted by Crippen LogP contribution is -2.54. The Balaban J connectivity index is 1.67. The smallest absolute Gasteiger partial charge is 0.306 e. The third kappa shape index (κ3) is 3.61. The van der Waals surface area contributed by atoms with Crippen LogP contribution in [0.25, 0.3) is 0 Å². The third-order valence-corrected chi connectivity index (χ3v) is 4.78. The Morgan fingerprint density at radius 3 is 2.77 bits per heavy atom. The molecular formula is C18H25NO3. The molecule has 0 spiro atoms. The summed E-state index contributed by atoms with van der Waals surface area (Å²) in [6.07, 6.45) is 2.87. The molecule has 4 nitrogen and oxygen atoms in total. The van der Waals surface area contributed by atoms with Crippen LogP contribution in [0.3, 0.4) is 0 Å². The second-order valence-corrected chi connectivity index (χ2v) is 7.00. The van der Waals surface area contributed by atoms with Gasteiger partial charge in [-0.25, -0.2) is 0 Å². The SMILES string of the molecule is COC(=O)C[C@H](c1cccc(OCC2(C)CNC2)c1)C1CC1. The fraction of sp³-hybridized carbons (Fsp3) is 0.611. The first-order chi connectivity index (χ1) is 10.6. The first-order valence-electron chi connectivity index (χ1n) is 8.10. The van der Waals surface area contributed by atoms with Crippen molar-refractivity contribution in [2.24, 2.45) is 11.3 Å². The molecule has 0 aromatic heterocycles. The minimum Gasteiger partial charge on any atom is -0.493 e. The summed E-state index contributed by atoms with van der Waals surface area (Å²) in [5.74, 6) is 1.65. The summed E-state index contributed by atoms with van der Waals surface area (Å²) in [4.78, 5) is 11.7. The van der Waals surface area contributed by atoms with Gasteiger partial charge in [-0.3, -0.25) is 4.79 Å². The molecule has 2 aliphatic rings. The maximum atomic E-state index is 11.7. The highest BCUT2D eigenvalue weighted by Crippen LogP contribution is 2.45. The van der Waals surface area contributed by atoms with Crippen molar-refractivity contribution in [2.45, 2.75) is 32.1 Å². The van der Waals surface area contributed by atoms with Crippen LogP contribution in [0.4, 0.5) is 0 Å². The predicted molar refractivity (Wildman–Crippen MR) is 85.0 cm³/mol. The Morgan fingerprint density at radius 1 is 1.41 bits per heavy atom. The molecule has 4 heteroatoms. The lowest BCUT2D eigenvalue weighted by molar-refractivity contribution is -0.141. The van der Waals surface area contributed by atoms with E-state index in [1.54, 1.807) is 0 Å². The molecule has 0 unspecified atom stereocenters. The normalized spacial score (nSPS) is 20.8. The molecule has 22 heavy (non-hydrogen) atoms. The number of benzene rings is 1. The Hall–Kier alpha value is -1.55. The van der Waals surface area contributed by atoms with Gasteiger partial charge in [0, 0.05) is 18.5 Å². The van der Waals surface area contributed by atoms with E-state index in [9.17, 15) is 4.79 Å². The van der Waals surface area contributed by atoms with E-state index in [0.717, 1.165) is 25.4 Å². The number of nitrogens with one attached hydrogen (secondary N) is 1. The number of methoxy groups -OCH3 is 1. The van der Waals surface area contributed by atoms with Crippen LogP contribution in [0.2, 0.25) is 0 Å². The maximum absolute atomic E-state index is 11.7. The standard InChI is InChI=1S/C18H25NO3/c1-18(10-19-11-18)12-22-15-5-3-4-14(8-15)16(13-6-7-13)9-17(20)21-2/h3-5,8,13,16,19H,6-7,9-12H2,1-2H3/t16-/m0/s1. The highest BCUT2D eigenvalue weighted by atomic mass is 16.5. The molecule has 1 saturated carbocycles. The van der Waals surface area contributed by atoms with Crippen LogP contribution in [-0.2, 0) is 9.53 Å². The number of esters is 1. The summed E-state index contributed by atoms with van der Waals surface area (Å²) in [6, 6.07) is 8.23. The molecule has 1 saturated heterocycles. The van der Waals surface area contributed by atoms with Gasteiger partial charge in [-0.05, 0) is 42.4 Å². The van der Waals surface area contributed by atoms with Gasteiger partial charge in [0.05, 0.1) is 20.1 Å². The molecule has 3 rings (SSSR count). The first-order valence-corrected chi connectivity index (χ1v) is 8.10. The molecule has 1 aliphatic carbocycles. The molecule has 1 aromatic carbocycles. The van der Waals surface area contributed by atoms with Crippen molar-refractivity contribution < 1.29 is 14.3 Å². The summed E-state index contributed by atoms with van der Waals surface area (Å²) in [6.45, 7) is 4.99. The average Bonchev–Trinajstić information content (AvgIpc) is 3.33. The van der Waals surface area contributed by atoms with Crippen molar-refractivity contribution >= 4 is 5.97 Å². The van der Waals surface area contributed by atoms with Crippen LogP contribution in [0.1, 0.15) is 37.7 Å². The first kappa shape index (κ1) is 15.3. The second-order valence-electron chi connectivity index (χ2n) is 7.00. The molecule has 0 bridgehead atoms. The van der Waals surface area contributed by atoms with E-state index in [4.69, 9.17) is 9.47 Å². The maximum Gasteiger partial charge on any atom is 0.306 e. The zero-order valence-corrected chi connectivity index (χ0v) is 13.4. The highest BCUT2D eigenvalue weighted by Gasteiger charge is 2.35. The second kappa shape index (κ2) is 6.29. The Kier molecular flexibility index (Phi) is 4.39. The highest BCUT2D eigenvalue weighted by molar-refractivity contribution is 5.70. The van der Waals surface area contributed by atoms with E-state index in [1.165, 1.54) is 25.5 Å². The van der Waals surface area contributed by atoms with Crippen molar-refractivity contribution in [2.75, 3.05) is 26.8 Å². The van der Waals surface area contributed by atoms with Crippen molar-refractivity contribution in [3.63, 3.8) is 0 Å². The van der Waals surface area contributed by atoms with Gasteiger partial charge in [0.15, 0.2) is 0 Å². The van der Waals surface area contributed by atoms with Crippen LogP contribution in [0.5, 0.6) is 5.75 Å². The van der Waals surface area contributed by atoms with E-state index in [-0.39, 0.29) is 17.3 Å². The lowest BCUT2D eigenvalue weighted by atomic mass is 9.85. The Labute approximate surface area is 132 Å². The molecule has 0 amide bonds. The van der Waals surface area contributed by atoms with Gasteiger partial charge >= 0.3 is 5.97 Å². The van der Waals surface area contributed by atoms with E-state index in [0.29, 0.717) is 12.3 Å². The van der Waals surface area contributed by atoms with Gasteiger partial charge in [0.1, 0.15) is 5.75 Å². The molecule has 1 heterocycles. The number of carbonyl (C=O) groups is 1. The van der Waals surface area contributed by atoms with Gasteiger partial charge in [-0.1, -0.05) is 19.1 Å². The molecular weight excluding hydrogens is 278 g/mol. The number of hydrogen-bond acceptors (Lipinski definition) is 4. The number of rotatable bonds is 7. The van der Waals surface area contributed by atoms with Crippen LogP contribution >= 0.6 is 0 Å². The fourth-order valence-corrected chi connectivity index (χ4v) is 3.06. The summed E-state index contributed by atoms with van der Waals surface area (Å²) in [7, 11) is 1.46. The topological polar surface area (TPSA) is 47.6 Å². The van der Waals surface area contributed by atoms with Crippen molar-refractivity contribution in [1.82, 2.24) is 5.32 Å².